The molecule has 0 aliphatic heterocycles. The fraction of sp³-hybridized carbons (Fsp3) is 0.375. The molecule has 3 heteroatoms. The Morgan fingerprint density at radius 3 is 2.32 bits per heavy atom. The first-order valence-corrected chi connectivity index (χ1v) is 6.48. The van der Waals surface area contributed by atoms with Crippen LogP contribution in [-0.4, -0.2) is 9.97 Å². The number of aryl methyl sites for hydroxylation is 1. The summed E-state index contributed by atoms with van der Waals surface area (Å²) in [5, 5.41) is 0. The van der Waals surface area contributed by atoms with E-state index in [1.165, 1.54) is 0 Å². The molecule has 2 aromatic rings. The zero-order chi connectivity index (χ0) is 14.2. The first-order chi connectivity index (χ1) is 8.80. The highest BCUT2D eigenvalue weighted by atomic mass is 16.1. The standard InChI is InChI=1S/C16H20N2O/c1-10-8-6-7-9-12(10)13-11(2)14(19)18-15(17-13)16(3,4)5/h6-9H,1-5H3,(H,17,18,19). The molecule has 0 bridgehead atoms. The number of hydrogen-bond acceptors (Lipinski definition) is 2. The minimum Gasteiger partial charge on any atom is -0.310 e. The predicted molar refractivity (Wildman–Crippen MR) is 78.5 cm³/mol. The summed E-state index contributed by atoms with van der Waals surface area (Å²) in [4.78, 5) is 19.7. The largest absolute Gasteiger partial charge is 0.310 e. The smallest absolute Gasteiger partial charge is 0.254 e. The van der Waals surface area contributed by atoms with Gasteiger partial charge in [-0.3, -0.25) is 4.79 Å². The van der Waals surface area contributed by atoms with Crippen LogP contribution in [-0.2, 0) is 5.41 Å². The van der Waals surface area contributed by atoms with Gasteiger partial charge < -0.3 is 4.98 Å². The van der Waals surface area contributed by atoms with Crippen molar-refractivity contribution in [3.63, 3.8) is 0 Å². The fourth-order valence-electron chi connectivity index (χ4n) is 1.99. The Labute approximate surface area is 113 Å². The van der Waals surface area contributed by atoms with Gasteiger partial charge in [-0.25, -0.2) is 4.98 Å². The second kappa shape index (κ2) is 4.65. The Morgan fingerprint density at radius 1 is 1.11 bits per heavy atom. The van der Waals surface area contributed by atoms with E-state index in [2.05, 4.69) is 9.97 Å². The Kier molecular flexibility index (Phi) is 3.31. The molecule has 2 rings (SSSR count). The molecule has 0 saturated heterocycles. The minimum atomic E-state index is -0.176. The molecule has 0 radical (unpaired) electrons. The third-order valence-electron chi connectivity index (χ3n) is 3.26. The molecule has 100 valence electrons. The van der Waals surface area contributed by atoms with Gasteiger partial charge in [-0.15, -0.1) is 0 Å². The summed E-state index contributed by atoms with van der Waals surface area (Å²) in [7, 11) is 0. The average molecular weight is 256 g/mol. The number of aromatic nitrogens is 2. The molecule has 1 N–H and O–H groups in total. The summed E-state index contributed by atoms with van der Waals surface area (Å²) in [5.41, 5.74) is 3.37. The van der Waals surface area contributed by atoms with Crippen molar-refractivity contribution in [2.45, 2.75) is 40.0 Å². The van der Waals surface area contributed by atoms with E-state index >= 15 is 0 Å². The molecule has 0 spiro atoms. The molecule has 0 saturated carbocycles. The van der Waals surface area contributed by atoms with Gasteiger partial charge in [0.1, 0.15) is 5.82 Å². The van der Waals surface area contributed by atoms with E-state index in [4.69, 9.17) is 0 Å². The van der Waals surface area contributed by atoms with Crippen molar-refractivity contribution in [2.24, 2.45) is 0 Å². The van der Waals surface area contributed by atoms with E-state index in [9.17, 15) is 4.79 Å². The molecule has 0 atom stereocenters. The number of benzene rings is 1. The Hall–Kier alpha value is -1.90. The zero-order valence-corrected chi connectivity index (χ0v) is 12.2. The van der Waals surface area contributed by atoms with Crippen molar-refractivity contribution >= 4 is 0 Å². The molecule has 0 fully saturated rings. The highest BCUT2D eigenvalue weighted by Gasteiger charge is 2.20. The van der Waals surface area contributed by atoms with Crippen molar-refractivity contribution in [1.29, 1.82) is 0 Å². The van der Waals surface area contributed by atoms with E-state index in [1.54, 1.807) is 0 Å². The highest BCUT2D eigenvalue weighted by molar-refractivity contribution is 5.66. The van der Waals surface area contributed by atoms with E-state index in [0.717, 1.165) is 22.6 Å². The maximum atomic E-state index is 12.1. The normalized spacial score (nSPS) is 11.6. The van der Waals surface area contributed by atoms with Crippen LogP contribution in [0, 0.1) is 13.8 Å². The van der Waals surface area contributed by atoms with Crippen LogP contribution in [0.4, 0.5) is 0 Å². The lowest BCUT2D eigenvalue weighted by molar-refractivity contribution is 0.542. The third-order valence-corrected chi connectivity index (χ3v) is 3.26. The van der Waals surface area contributed by atoms with E-state index in [0.29, 0.717) is 5.56 Å². The molecule has 0 aliphatic carbocycles. The molecular weight excluding hydrogens is 236 g/mol. The summed E-state index contributed by atoms with van der Waals surface area (Å²) in [5.74, 6) is 0.723. The number of H-pyrrole nitrogens is 1. The number of nitrogens with one attached hydrogen (secondary N) is 1. The summed E-state index contributed by atoms with van der Waals surface area (Å²) in [6.07, 6.45) is 0. The Bertz CT molecular complexity index is 663. The molecule has 19 heavy (non-hydrogen) atoms. The topological polar surface area (TPSA) is 45.8 Å². The molecule has 1 heterocycles. The Morgan fingerprint density at radius 2 is 1.74 bits per heavy atom. The molecular formula is C16H20N2O. The number of rotatable bonds is 1. The van der Waals surface area contributed by atoms with Crippen LogP contribution in [0.3, 0.4) is 0 Å². The van der Waals surface area contributed by atoms with Crippen molar-refractivity contribution in [3.05, 3.63) is 51.6 Å². The first-order valence-electron chi connectivity index (χ1n) is 6.48. The lowest BCUT2D eigenvalue weighted by Gasteiger charge is -2.19. The van der Waals surface area contributed by atoms with Crippen molar-refractivity contribution in [1.82, 2.24) is 9.97 Å². The van der Waals surface area contributed by atoms with E-state index in [-0.39, 0.29) is 11.0 Å². The van der Waals surface area contributed by atoms with Gasteiger partial charge in [0.05, 0.1) is 5.69 Å². The first kappa shape index (κ1) is 13.5. The lowest BCUT2D eigenvalue weighted by Crippen LogP contribution is -2.24. The van der Waals surface area contributed by atoms with E-state index in [1.807, 2.05) is 58.9 Å². The minimum absolute atomic E-state index is 0.0572. The summed E-state index contributed by atoms with van der Waals surface area (Å²) in [6.45, 7) is 9.99. The summed E-state index contributed by atoms with van der Waals surface area (Å²) in [6, 6.07) is 8.01. The van der Waals surface area contributed by atoms with Crippen molar-refractivity contribution < 1.29 is 0 Å². The maximum absolute atomic E-state index is 12.1. The molecule has 0 amide bonds. The van der Waals surface area contributed by atoms with Gasteiger partial charge in [-0.2, -0.15) is 0 Å². The summed E-state index contributed by atoms with van der Waals surface area (Å²) < 4.78 is 0. The van der Waals surface area contributed by atoms with Gasteiger partial charge in [0.2, 0.25) is 0 Å². The Balaban J connectivity index is 2.74. The average Bonchev–Trinajstić information content (AvgIpc) is 2.32. The van der Waals surface area contributed by atoms with Crippen LogP contribution in [0.2, 0.25) is 0 Å². The predicted octanol–water partition coefficient (Wildman–Crippen LogP) is 3.35. The third kappa shape index (κ3) is 2.60. The van der Waals surface area contributed by atoms with Gasteiger partial charge in [-0.1, -0.05) is 45.0 Å². The van der Waals surface area contributed by atoms with E-state index < -0.39 is 0 Å². The van der Waals surface area contributed by atoms with Crippen molar-refractivity contribution in [3.8, 4) is 11.3 Å². The number of hydrogen-bond donors (Lipinski definition) is 1. The molecule has 1 aromatic carbocycles. The van der Waals surface area contributed by atoms with Crippen LogP contribution >= 0.6 is 0 Å². The van der Waals surface area contributed by atoms with Crippen LogP contribution in [0.1, 0.15) is 37.7 Å². The number of nitrogens with zero attached hydrogens (tertiary/aromatic N) is 1. The zero-order valence-electron chi connectivity index (χ0n) is 12.2. The highest BCUT2D eigenvalue weighted by Crippen LogP contribution is 2.25. The molecule has 3 nitrogen and oxygen atoms in total. The van der Waals surface area contributed by atoms with Crippen molar-refractivity contribution in [2.75, 3.05) is 0 Å². The van der Waals surface area contributed by atoms with Crippen LogP contribution in [0.25, 0.3) is 11.3 Å². The second-order valence-corrected chi connectivity index (χ2v) is 5.95. The quantitative estimate of drug-likeness (QED) is 0.850. The molecule has 0 aliphatic rings. The van der Waals surface area contributed by atoms with Gasteiger partial charge in [0.25, 0.3) is 5.56 Å². The van der Waals surface area contributed by atoms with Gasteiger partial charge in [0, 0.05) is 16.5 Å². The fourth-order valence-corrected chi connectivity index (χ4v) is 1.99. The lowest BCUT2D eigenvalue weighted by atomic mass is 9.94. The maximum Gasteiger partial charge on any atom is 0.254 e. The second-order valence-electron chi connectivity index (χ2n) is 5.95. The molecule has 0 unspecified atom stereocenters. The molecule has 1 aromatic heterocycles. The number of aromatic amines is 1. The van der Waals surface area contributed by atoms with Gasteiger partial charge in [0.15, 0.2) is 0 Å². The monoisotopic (exact) mass is 256 g/mol. The van der Waals surface area contributed by atoms with Crippen LogP contribution < -0.4 is 5.56 Å². The SMILES string of the molecule is Cc1ccccc1-c1nc(C(C)(C)C)[nH]c(=O)c1C. The summed E-state index contributed by atoms with van der Waals surface area (Å²) >= 11 is 0. The van der Waals surface area contributed by atoms with Gasteiger partial charge >= 0.3 is 0 Å². The van der Waals surface area contributed by atoms with Crippen LogP contribution in [0.15, 0.2) is 29.1 Å². The van der Waals surface area contributed by atoms with Crippen LogP contribution in [0.5, 0.6) is 0 Å². The van der Waals surface area contributed by atoms with Gasteiger partial charge in [-0.05, 0) is 19.4 Å².